The van der Waals surface area contributed by atoms with Gasteiger partial charge < -0.3 is 15.5 Å². The molecule has 0 radical (unpaired) electrons. The molecule has 108 valence electrons. The van der Waals surface area contributed by atoms with Crippen molar-refractivity contribution in [2.45, 2.75) is 0 Å². The summed E-state index contributed by atoms with van der Waals surface area (Å²) in [5.41, 5.74) is 8.21. The Morgan fingerprint density at radius 2 is 2.00 bits per heavy atom. The van der Waals surface area contributed by atoms with Gasteiger partial charge in [0, 0.05) is 30.8 Å². The summed E-state index contributed by atoms with van der Waals surface area (Å²) in [6.07, 6.45) is 1.59. The van der Waals surface area contributed by atoms with E-state index < -0.39 is 0 Å². The van der Waals surface area contributed by atoms with Crippen molar-refractivity contribution >= 4 is 39.0 Å². The molecule has 6 heteroatoms. The van der Waals surface area contributed by atoms with E-state index in [1.807, 2.05) is 31.3 Å². The molecule has 1 aliphatic rings. The van der Waals surface area contributed by atoms with Crippen LogP contribution in [0, 0.1) is 0 Å². The first kappa shape index (κ1) is 13.9. The monoisotopic (exact) mass is 346 g/mol. The summed E-state index contributed by atoms with van der Waals surface area (Å²) < 4.78 is 0.738. The third-order valence-electron chi connectivity index (χ3n) is 3.60. The van der Waals surface area contributed by atoms with Gasteiger partial charge in [-0.05, 0) is 34.1 Å². The predicted molar refractivity (Wildman–Crippen MR) is 87.7 cm³/mol. The maximum atomic E-state index is 12.8. The van der Waals surface area contributed by atoms with Gasteiger partial charge in [-0.15, -0.1) is 0 Å². The first-order valence-corrected chi connectivity index (χ1v) is 7.40. The van der Waals surface area contributed by atoms with Crippen LogP contribution < -0.4 is 15.5 Å². The number of halogens is 1. The van der Waals surface area contributed by atoms with E-state index in [1.165, 1.54) is 0 Å². The second kappa shape index (κ2) is 5.37. The van der Waals surface area contributed by atoms with Gasteiger partial charge in [0.15, 0.2) is 0 Å². The number of rotatable bonds is 1. The summed E-state index contributed by atoms with van der Waals surface area (Å²) in [4.78, 5) is 20.7. The molecular weight excluding hydrogens is 332 g/mol. The largest absolute Gasteiger partial charge is 0.383 e. The van der Waals surface area contributed by atoms with Crippen molar-refractivity contribution in [2.75, 3.05) is 35.7 Å². The molecule has 0 fully saturated rings. The quantitative estimate of drug-likeness (QED) is 0.861. The van der Waals surface area contributed by atoms with Gasteiger partial charge in [-0.2, -0.15) is 0 Å². The highest BCUT2D eigenvalue weighted by Gasteiger charge is 2.27. The van der Waals surface area contributed by atoms with E-state index in [2.05, 4.69) is 25.8 Å². The Morgan fingerprint density at radius 1 is 1.29 bits per heavy atom. The summed E-state index contributed by atoms with van der Waals surface area (Å²) in [6.45, 7) is 1.41. The molecule has 3 rings (SSSR count). The number of nitrogens with zero attached hydrogens (tertiary/aromatic N) is 3. The molecule has 1 aromatic heterocycles. The fourth-order valence-corrected chi connectivity index (χ4v) is 2.81. The normalized spacial score (nSPS) is 14.0. The zero-order valence-corrected chi connectivity index (χ0v) is 13.2. The third-order valence-corrected chi connectivity index (χ3v) is 4.04. The number of carbonyl (C=O) groups is 1. The second-order valence-electron chi connectivity index (χ2n) is 4.95. The maximum absolute atomic E-state index is 12.8. The molecule has 1 aromatic carbocycles. The van der Waals surface area contributed by atoms with Gasteiger partial charge in [-0.3, -0.25) is 4.79 Å². The molecular formula is C15H15BrN4O. The Bertz CT molecular complexity index is 704. The average Bonchev–Trinajstić information content (AvgIpc) is 2.50. The van der Waals surface area contributed by atoms with Crippen molar-refractivity contribution in [1.82, 2.24) is 4.98 Å². The fourth-order valence-electron chi connectivity index (χ4n) is 2.48. The topological polar surface area (TPSA) is 62.5 Å². The molecule has 0 aliphatic carbocycles. The highest BCUT2D eigenvalue weighted by Crippen LogP contribution is 2.33. The van der Waals surface area contributed by atoms with Crippen molar-refractivity contribution in [3.05, 3.63) is 46.6 Å². The molecule has 2 aromatic rings. The van der Waals surface area contributed by atoms with Crippen LogP contribution in [0.5, 0.6) is 0 Å². The molecule has 2 N–H and O–H groups in total. The molecule has 2 heterocycles. The molecule has 0 bridgehead atoms. The Hall–Kier alpha value is -2.08. The summed E-state index contributed by atoms with van der Waals surface area (Å²) in [5.74, 6) is 0.126. The van der Waals surface area contributed by atoms with Gasteiger partial charge in [-0.1, -0.05) is 12.1 Å². The summed E-state index contributed by atoms with van der Waals surface area (Å²) in [7, 11) is 2.02. The minimum Gasteiger partial charge on any atom is -0.383 e. The molecule has 5 nitrogen and oxygen atoms in total. The van der Waals surface area contributed by atoms with Crippen LogP contribution in [0.4, 0.5) is 17.2 Å². The number of hydrogen-bond donors (Lipinski definition) is 1. The van der Waals surface area contributed by atoms with E-state index >= 15 is 0 Å². The Labute approximate surface area is 131 Å². The van der Waals surface area contributed by atoms with Crippen molar-refractivity contribution in [3.63, 3.8) is 0 Å². The van der Waals surface area contributed by atoms with Crippen molar-refractivity contribution in [1.29, 1.82) is 0 Å². The number of benzene rings is 1. The molecule has 0 saturated heterocycles. The number of anilines is 3. The SMILES string of the molecule is CN1CCN(C(=O)c2cc(Br)cnc2N)c2ccccc21. The van der Waals surface area contributed by atoms with Crippen LogP contribution in [0.1, 0.15) is 10.4 Å². The van der Waals surface area contributed by atoms with Gasteiger partial charge in [0.2, 0.25) is 0 Å². The number of pyridine rings is 1. The number of nitrogen functional groups attached to an aromatic ring is 1. The van der Waals surface area contributed by atoms with Crippen molar-refractivity contribution in [2.24, 2.45) is 0 Å². The number of hydrogen-bond acceptors (Lipinski definition) is 4. The van der Waals surface area contributed by atoms with Crippen molar-refractivity contribution < 1.29 is 4.79 Å². The van der Waals surface area contributed by atoms with Crippen LogP contribution >= 0.6 is 15.9 Å². The number of likely N-dealkylation sites (N-methyl/N-ethyl adjacent to an activating group) is 1. The summed E-state index contributed by atoms with van der Waals surface area (Å²) >= 11 is 3.33. The Balaban J connectivity index is 2.03. The first-order chi connectivity index (χ1) is 10.1. The fraction of sp³-hybridized carbons (Fsp3) is 0.200. The van der Waals surface area contributed by atoms with Crippen LogP contribution in [0.3, 0.4) is 0 Å². The lowest BCUT2D eigenvalue weighted by Gasteiger charge is -2.35. The number of para-hydroxylation sites is 2. The highest BCUT2D eigenvalue weighted by atomic mass is 79.9. The van der Waals surface area contributed by atoms with Crippen LogP contribution in [0.2, 0.25) is 0 Å². The van der Waals surface area contributed by atoms with E-state index in [-0.39, 0.29) is 11.7 Å². The second-order valence-corrected chi connectivity index (χ2v) is 5.87. The minimum absolute atomic E-state index is 0.123. The van der Waals surface area contributed by atoms with Gasteiger partial charge in [0.25, 0.3) is 5.91 Å². The van der Waals surface area contributed by atoms with E-state index in [4.69, 9.17) is 5.73 Å². The van der Waals surface area contributed by atoms with E-state index in [1.54, 1.807) is 17.2 Å². The maximum Gasteiger partial charge on any atom is 0.262 e. The zero-order valence-electron chi connectivity index (χ0n) is 11.6. The van der Waals surface area contributed by atoms with Crippen molar-refractivity contribution in [3.8, 4) is 0 Å². The smallest absolute Gasteiger partial charge is 0.262 e. The lowest BCUT2D eigenvalue weighted by atomic mass is 10.1. The molecule has 0 atom stereocenters. The molecule has 0 unspecified atom stereocenters. The zero-order chi connectivity index (χ0) is 15.0. The minimum atomic E-state index is -0.123. The molecule has 1 amide bonds. The lowest BCUT2D eigenvalue weighted by molar-refractivity contribution is 0.0987. The average molecular weight is 347 g/mol. The third kappa shape index (κ3) is 2.47. The molecule has 0 spiro atoms. The predicted octanol–water partition coefficient (Wildman–Crippen LogP) is 2.52. The standard InChI is InChI=1S/C15H15BrN4O/c1-19-6-7-20(13-5-3-2-4-12(13)19)15(21)11-8-10(16)9-18-14(11)17/h2-5,8-9H,6-7H2,1H3,(H2,17,18). The number of carbonyl (C=O) groups excluding carboxylic acids is 1. The van der Waals surface area contributed by atoms with Gasteiger partial charge in [0.05, 0.1) is 16.9 Å². The summed E-state index contributed by atoms with van der Waals surface area (Å²) in [5, 5.41) is 0. The highest BCUT2D eigenvalue weighted by molar-refractivity contribution is 9.10. The Morgan fingerprint density at radius 3 is 2.76 bits per heavy atom. The molecule has 21 heavy (non-hydrogen) atoms. The van der Waals surface area contributed by atoms with E-state index in [9.17, 15) is 4.79 Å². The van der Waals surface area contributed by atoms with Gasteiger partial charge >= 0.3 is 0 Å². The van der Waals surface area contributed by atoms with Crippen LogP contribution in [0.15, 0.2) is 41.0 Å². The number of fused-ring (bicyclic) bond motifs is 1. The summed E-state index contributed by atoms with van der Waals surface area (Å²) in [6, 6.07) is 9.58. The van der Waals surface area contributed by atoms with E-state index in [0.29, 0.717) is 12.1 Å². The molecule has 0 saturated carbocycles. The Kier molecular flexibility index (Phi) is 3.55. The van der Waals surface area contributed by atoms with Gasteiger partial charge in [0.1, 0.15) is 5.82 Å². The first-order valence-electron chi connectivity index (χ1n) is 6.61. The van der Waals surface area contributed by atoms with Crippen LogP contribution in [-0.4, -0.2) is 31.0 Å². The number of nitrogens with two attached hydrogens (primary N) is 1. The van der Waals surface area contributed by atoms with Crippen LogP contribution in [-0.2, 0) is 0 Å². The number of aromatic nitrogens is 1. The molecule has 1 aliphatic heterocycles. The lowest BCUT2D eigenvalue weighted by Crippen LogP contribution is -2.42. The van der Waals surface area contributed by atoms with Gasteiger partial charge in [-0.25, -0.2) is 4.98 Å². The number of amides is 1. The van der Waals surface area contributed by atoms with Crippen LogP contribution in [0.25, 0.3) is 0 Å². The van der Waals surface area contributed by atoms with E-state index in [0.717, 1.165) is 22.4 Å².